The molecule has 0 unspecified atom stereocenters. The third kappa shape index (κ3) is 4.11. The Kier molecular flexibility index (Phi) is 5.20. The van der Waals surface area contributed by atoms with Crippen LogP contribution in [0, 0.1) is 0 Å². The van der Waals surface area contributed by atoms with Crippen LogP contribution in [0.4, 0.5) is 4.79 Å². The predicted octanol–water partition coefficient (Wildman–Crippen LogP) is -0.246. The van der Waals surface area contributed by atoms with Crippen LogP contribution in [-0.4, -0.2) is 79.9 Å². The fourth-order valence-electron chi connectivity index (χ4n) is 2.41. The highest BCUT2D eigenvalue weighted by Crippen LogP contribution is 2.00. The summed E-state index contributed by atoms with van der Waals surface area (Å²) in [6.45, 7) is 10.6. The largest absolute Gasteiger partial charge is 0.357 e. The van der Waals surface area contributed by atoms with Gasteiger partial charge in [0.1, 0.15) is 0 Å². The highest BCUT2D eigenvalue weighted by molar-refractivity contribution is 5.81. The number of carbonyl (C=O) groups is 1. The predicted molar refractivity (Wildman–Crippen MR) is 80.5 cm³/mol. The summed E-state index contributed by atoms with van der Waals surface area (Å²) in [7, 11) is 0. The molecule has 0 atom stereocenters. The lowest BCUT2D eigenvalue weighted by Gasteiger charge is -2.19. The van der Waals surface area contributed by atoms with E-state index in [4.69, 9.17) is 0 Å². The molecule has 0 aromatic rings. The van der Waals surface area contributed by atoms with Gasteiger partial charge in [0, 0.05) is 39.3 Å². The van der Waals surface area contributed by atoms with Crippen LogP contribution >= 0.6 is 0 Å². The summed E-state index contributed by atoms with van der Waals surface area (Å²) >= 11 is 0. The van der Waals surface area contributed by atoms with E-state index < -0.39 is 0 Å². The van der Waals surface area contributed by atoms with Crippen LogP contribution in [0.1, 0.15) is 13.8 Å². The number of amidine groups is 2. The van der Waals surface area contributed by atoms with Gasteiger partial charge in [-0.2, -0.15) is 0 Å². The van der Waals surface area contributed by atoms with Gasteiger partial charge in [0.05, 0.1) is 24.8 Å². The summed E-state index contributed by atoms with van der Waals surface area (Å²) in [6, 6.07) is -0.104. The van der Waals surface area contributed by atoms with Crippen LogP contribution in [0.3, 0.4) is 0 Å². The zero-order valence-corrected chi connectivity index (χ0v) is 12.4. The Morgan fingerprint density at radius 3 is 1.80 bits per heavy atom. The standard InChI is InChI=1S/C13H24N6O/c1-11-14-3-7-18(11)9-5-16-13(20)17-6-10-19-8-4-15-12(19)2/h3-10H2,1-2H3,(H2,16,17,20). The molecule has 2 N–H and O–H groups in total. The van der Waals surface area contributed by atoms with E-state index in [9.17, 15) is 4.79 Å². The van der Waals surface area contributed by atoms with Gasteiger partial charge in [0.15, 0.2) is 0 Å². The van der Waals surface area contributed by atoms with Crippen LogP contribution in [0.2, 0.25) is 0 Å². The average Bonchev–Trinajstić information content (AvgIpc) is 3.00. The number of urea groups is 1. The molecule has 2 amide bonds. The first-order valence-corrected chi connectivity index (χ1v) is 7.20. The third-order valence-corrected chi connectivity index (χ3v) is 3.67. The molecule has 2 heterocycles. The van der Waals surface area contributed by atoms with E-state index in [-0.39, 0.29) is 6.03 Å². The first-order valence-electron chi connectivity index (χ1n) is 7.20. The molecule has 0 fully saturated rings. The maximum atomic E-state index is 11.6. The second-order valence-corrected chi connectivity index (χ2v) is 5.01. The van der Waals surface area contributed by atoms with Crippen molar-refractivity contribution >= 4 is 17.7 Å². The van der Waals surface area contributed by atoms with Gasteiger partial charge in [-0.15, -0.1) is 0 Å². The van der Waals surface area contributed by atoms with E-state index in [1.165, 1.54) is 0 Å². The van der Waals surface area contributed by atoms with Crippen molar-refractivity contribution in [2.45, 2.75) is 13.8 Å². The van der Waals surface area contributed by atoms with Gasteiger partial charge in [-0.05, 0) is 13.8 Å². The molecule has 112 valence electrons. The summed E-state index contributed by atoms with van der Waals surface area (Å²) in [5, 5.41) is 5.74. The smallest absolute Gasteiger partial charge is 0.314 e. The van der Waals surface area contributed by atoms with Crippen LogP contribution in [-0.2, 0) is 0 Å². The molecule has 0 radical (unpaired) electrons. The molecule has 0 aromatic carbocycles. The number of rotatable bonds is 6. The summed E-state index contributed by atoms with van der Waals surface area (Å²) in [4.78, 5) is 24.6. The summed E-state index contributed by atoms with van der Waals surface area (Å²) in [5.41, 5.74) is 0. The van der Waals surface area contributed by atoms with Crippen molar-refractivity contribution < 1.29 is 4.79 Å². The van der Waals surface area contributed by atoms with Crippen molar-refractivity contribution in [2.24, 2.45) is 9.98 Å². The van der Waals surface area contributed by atoms with Gasteiger partial charge >= 0.3 is 6.03 Å². The van der Waals surface area contributed by atoms with Gasteiger partial charge in [-0.1, -0.05) is 0 Å². The van der Waals surface area contributed by atoms with Gasteiger partial charge in [-0.25, -0.2) is 4.79 Å². The number of nitrogens with zero attached hydrogens (tertiary/aromatic N) is 4. The zero-order valence-electron chi connectivity index (χ0n) is 12.4. The zero-order chi connectivity index (χ0) is 14.4. The van der Waals surface area contributed by atoms with Gasteiger partial charge in [0.25, 0.3) is 0 Å². The monoisotopic (exact) mass is 280 g/mol. The maximum absolute atomic E-state index is 11.6. The molecule has 7 nitrogen and oxygen atoms in total. The van der Waals surface area contributed by atoms with Crippen LogP contribution < -0.4 is 10.6 Å². The fourth-order valence-corrected chi connectivity index (χ4v) is 2.41. The van der Waals surface area contributed by atoms with Gasteiger partial charge in [0.2, 0.25) is 0 Å². The molecule has 20 heavy (non-hydrogen) atoms. The average molecular weight is 280 g/mol. The highest BCUT2D eigenvalue weighted by Gasteiger charge is 2.13. The molecule has 2 aliphatic heterocycles. The number of hydrogen-bond donors (Lipinski definition) is 2. The Morgan fingerprint density at radius 2 is 1.45 bits per heavy atom. The topological polar surface area (TPSA) is 72.3 Å². The van der Waals surface area contributed by atoms with Gasteiger partial charge < -0.3 is 20.4 Å². The molecule has 0 aliphatic carbocycles. The minimum Gasteiger partial charge on any atom is -0.357 e. The Balaban J connectivity index is 1.52. The highest BCUT2D eigenvalue weighted by atomic mass is 16.2. The summed E-state index contributed by atoms with van der Waals surface area (Å²) < 4.78 is 0. The molecule has 2 aliphatic rings. The number of nitrogens with one attached hydrogen (secondary N) is 2. The quantitative estimate of drug-likeness (QED) is 0.705. The molecule has 7 heteroatoms. The SMILES string of the molecule is CC1=NCCN1CCNC(=O)NCCN1CCN=C1C. The first-order chi connectivity index (χ1) is 9.66. The summed E-state index contributed by atoms with van der Waals surface area (Å²) in [5.74, 6) is 2.13. The maximum Gasteiger partial charge on any atom is 0.314 e. The lowest BCUT2D eigenvalue weighted by molar-refractivity contribution is 0.239. The first kappa shape index (κ1) is 14.6. The summed E-state index contributed by atoms with van der Waals surface area (Å²) in [6.07, 6.45) is 0. The third-order valence-electron chi connectivity index (χ3n) is 3.67. The van der Waals surface area contributed by atoms with Gasteiger partial charge in [-0.3, -0.25) is 9.98 Å². The van der Waals surface area contributed by atoms with E-state index in [0.29, 0.717) is 13.1 Å². The Bertz CT molecular complexity index is 370. The van der Waals surface area contributed by atoms with E-state index in [1.807, 2.05) is 13.8 Å². The lowest BCUT2D eigenvalue weighted by atomic mass is 10.4. The van der Waals surface area contributed by atoms with Crippen molar-refractivity contribution in [3.05, 3.63) is 0 Å². The Morgan fingerprint density at radius 1 is 1.00 bits per heavy atom. The van der Waals surface area contributed by atoms with E-state index in [0.717, 1.165) is 50.9 Å². The van der Waals surface area contributed by atoms with Crippen molar-refractivity contribution in [1.82, 2.24) is 20.4 Å². The van der Waals surface area contributed by atoms with E-state index in [2.05, 4.69) is 30.4 Å². The van der Waals surface area contributed by atoms with Crippen molar-refractivity contribution in [2.75, 3.05) is 52.4 Å². The van der Waals surface area contributed by atoms with E-state index >= 15 is 0 Å². The minimum absolute atomic E-state index is 0.104. The lowest BCUT2D eigenvalue weighted by Crippen LogP contribution is -2.43. The minimum atomic E-state index is -0.104. The van der Waals surface area contributed by atoms with Crippen LogP contribution in [0.25, 0.3) is 0 Å². The number of amides is 2. The van der Waals surface area contributed by atoms with Crippen molar-refractivity contribution in [3.63, 3.8) is 0 Å². The van der Waals surface area contributed by atoms with Crippen molar-refractivity contribution in [1.29, 1.82) is 0 Å². The van der Waals surface area contributed by atoms with E-state index in [1.54, 1.807) is 0 Å². The molecule has 2 rings (SSSR count). The number of carbonyl (C=O) groups excluding carboxylic acids is 1. The normalized spacial score (nSPS) is 18.1. The Hall–Kier alpha value is -1.79. The second kappa shape index (κ2) is 7.12. The molecular weight excluding hydrogens is 256 g/mol. The number of aliphatic imine (C=N–C) groups is 2. The van der Waals surface area contributed by atoms with Crippen molar-refractivity contribution in [3.8, 4) is 0 Å². The molecule has 0 saturated carbocycles. The molecule has 0 aromatic heterocycles. The second-order valence-electron chi connectivity index (χ2n) is 5.01. The Labute approximate surface area is 120 Å². The molecule has 0 saturated heterocycles. The molecule has 0 spiro atoms. The van der Waals surface area contributed by atoms with Crippen LogP contribution in [0.5, 0.6) is 0 Å². The molecule has 0 bridgehead atoms. The molecular formula is C13H24N6O. The van der Waals surface area contributed by atoms with Crippen LogP contribution in [0.15, 0.2) is 9.98 Å². The fraction of sp³-hybridized carbons (Fsp3) is 0.769. The number of hydrogen-bond acceptors (Lipinski definition) is 5.